The molecule has 2 aliphatic rings. The van der Waals surface area contributed by atoms with E-state index in [9.17, 15) is 0 Å². The molecule has 2 aliphatic heterocycles. The highest BCUT2D eigenvalue weighted by Gasteiger charge is 2.06. The van der Waals surface area contributed by atoms with Gasteiger partial charge >= 0.3 is 0 Å². The normalized spacial score (nSPS) is 21.2. The third-order valence-electron chi connectivity index (χ3n) is 3.49. The molecule has 0 bridgehead atoms. The van der Waals surface area contributed by atoms with Crippen molar-refractivity contribution in [3.8, 4) is 0 Å². The summed E-state index contributed by atoms with van der Waals surface area (Å²) in [6.07, 6.45) is 14.7. The van der Waals surface area contributed by atoms with Crippen molar-refractivity contribution in [2.24, 2.45) is 0 Å². The van der Waals surface area contributed by atoms with Gasteiger partial charge in [-0.2, -0.15) is 0 Å². The Hall–Kier alpha value is -0.600. The van der Waals surface area contributed by atoms with Crippen LogP contribution in [0.25, 0.3) is 0 Å². The van der Waals surface area contributed by atoms with Gasteiger partial charge in [0.05, 0.1) is 0 Å². The van der Waals surface area contributed by atoms with E-state index in [-0.39, 0.29) is 0 Å². The fraction of sp³-hybridized carbons (Fsp3) is 0.714. The summed E-state index contributed by atoms with van der Waals surface area (Å²) in [4.78, 5) is 5.04. The van der Waals surface area contributed by atoms with Crippen LogP contribution in [0.4, 0.5) is 0 Å². The van der Waals surface area contributed by atoms with Crippen molar-refractivity contribution in [2.75, 3.05) is 39.3 Å². The lowest BCUT2D eigenvalue weighted by atomic mass is 10.2. The lowest BCUT2D eigenvalue weighted by Crippen LogP contribution is -2.22. The predicted molar refractivity (Wildman–Crippen MR) is 69.6 cm³/mol. The van der Waals surface area contributed by atoms with E-state index in [2.05, 4.69) is 34.1 Å². The van der Waals surface area contributed by atoms with Gasteiger partial charge in [-0.05, 0) is 25.9 Å². The first-order chi connectivity index (χ1) is 7.95. The van der Waals surface area contributed by atoms with E-state index in [0.717, 1.165) is 0 Å². The van der Waals surface area contributed by atoms with Crippen LogP contribution in [-0.4, -0.2) is 49.1 Å². The Morgan fingerprint density at radius 2 is 0.938 bits per heavy atom. The van der Waals surface area contributed by atoms with Gasteiger partial charge in [0.1, 0.15) is 0 Å². The van der Waals surface area contributed by atoms with Gasteiger partial charge in [0.15, 0.2) is 0 Å². The molecule has 0 saturated heterocycles. The zero-order chi connectivity index (χ0) is 11.1. The molecule has 0 aromatic heterocycles. The van der Waals surface area contributed by atoms with Crippen LogP contribution >= 0.6 is 0 Å². The van der Waals surface area contributed by atoms with Crippen LogP contribution in [0.1, 0.15) is 25.7 Å². The summed E-state index contributed by atoms with van der Waals surface area (Å²) < 4.78 is 0. The van der Waals surface area contributed by atoms with Crippen LogP contribution in [0.5, 0.6) is 0 Å². The molecule has 0 aromatic carbocycles. The molecule has 90 valence electrons. The molecule has 2 heterocycles. The first-order valence-corrected chi connectivity index (χ1v) is 6.70. The minimum atomic E-state index is 1.18. The largest absolute Gasteiger partial charge is 0.296 e. The van der Waals surface area contributed by atoms with E-state index in [4.69, 9.17) is 0 Å². The molecule has 0 radical (unpaired) electrons. The Labute approximate surface area is 99.6 Å². The molecule has 2 nitrogen and oxygen atoms in total. The second kappa shape index (κ2) is 6.87. The van der Waals surface area contributed by atoms with Crippen LogP contribution in [-0.2, 0) is 0 Å². The molecule has 0 spiro atoms. The second-order valence-electron chi connectivity index (χ2n) is 4.88. The average molecular weight is 220 g/mol. The van der Waals surface area contributed by atoms with Gasteiger partial charge in [-0.15, -0.1) is 0 Å². The summed E-state index contributed by atoms with van der Waals surface area (Å²) in [6, 6.07) is 0. The third kappa shape index (κ3) is 4.11. The molecule has 2 heteroatoms. The molecule has 0 amide bonds. The third-order valence-corrected chi connectivity index (χ3v) is 3.49. The summed E-state index contributed by atoms with van der Waals surface area (Å²) in [5.74, 6) is 0. The lowest BCUT2D eigenvalue weighted by molar-refractivity contribution is 0.324. The molecule has 0 N–H and O–H groups in total. The Morgan fingerprint density at radius 1 is 0.562 bits per heavy atom. The van der Waals surface area contributed by atoms with Gasteiger partial charge in [-0.1, -0.05) is 37.1 Å². The smallest absolute Gasteiger partial charge is 0.0166 e. The van der Waals surface area contributed by atoms with E-state index in [1.165, 1.54) is 65.0 Å². The Bertz CT molecular complexity index is 203. The lowest BCUT2D eigenvalue weighted by Gasteiger charge is -2.15. The van der Waals surface area contributed by atoms with Gasteiger partial charge < -0.3 is 0 Å². The summed E-state index contributed by atoms with van der Waals surface area (Å²) in [6.45, 7) is 7.30. The highest BCUT2D eigenvalue weighted by molar-refractivity contribution is 4.95. The van der Waals surface area contributed by atoms with Gasteiger partial charge in [-0.25, -0.2) is 0 Å². The predicted octanol–water partition coefficient (Wildman–Crippen LogP) is 2.29. The van der Waals surface area contributed by atoms with Crippen molar-refractivity contribution in [3.05, 3.63) is 24.3 Å². The zero-order valence-corrected chi connectivity index (χ0v) is 10.3. The first-order valence-electron chi connectivity index (χ1n) is 6.70. The molecule has 2 rings (SSSR count). The van der Waals surface area contributed by atoms with Crippen molar-refractivity contribution in [2.45, 2.75) is 25.7 Å². The van der Waals surface area contributed by atoms with Gasteiger partial charge in [0.2, 0.25) is 0 Å². The standard InChI is InChI=1S/C14H24N2/c1(3-9-15-11-5-6-12-15)2-4-10-16-13-7-8-14-16/h5-8H,1-4,9-14H2. The maximum atomic E-state index is 2.52. The fourth-order valence-corrected chi connectivity index (χ4v) is 2.43. The van der Waals surface area contributed by atoms with Crippen LogP contribution < -0.4 is 0 Å². The fourth-order valence-electron chi connectivity index (χ4n) is 2.43. The van der Waals surface area contributed by atoms with Gasteiger partial charge in [0.25, 0.3) is 0 Å². The van der Waals surface area contributed by atoms with Crippen molar-refractivity contribution in [1.82, 2.24) is 9.80 Å². The molecule has 0 unspecified atom stereocenters. The average Bonchev–Trinajstić information content (AvgIpc) is 2.96. The van der Waals surface area contributed by atoms with Crippen molar-refractivity contribution < 1.29 is 0 Å². The summed E-state index contributed by atoms with van der Waals surface area (Å²) in [7, 11) is 0. The highest BCUT2D eigenvalue weighted by atomic mass is 15.1. The minimum Gasteiger partial charge on any atom is -0.296 e. The van der Waals surface area contributed by atoms with Crippen molar-refractivity contribution in [1.29, 1.82) is 0 Å². The van der Waals surface area contributed by atoms with Crippen LogP contribution in [0.15, 0.2) is 24.3 Å². The quantitative estimate of drug-likeness (QED) is 0.480. The molecular weight excluding hydrogens is 196 g/mol. The second-order valence-corrected chi connectivity index (χ2v) is 4.88. The Kier molecular flexibility index (Phi) is 5.10. The van der Waals surface area contributed by atoms with E-state index >= 15 is 0 Å². The van der Waals surface area contributed by atoms with Crippen molar-refractivity contribution in [3.63, 3.8) is 0 Å². The number of hydrogen-bond donors (Lipinski definition) is 0. The van der Waals surface area contributed by atoms with Crippen molar-refractivity contribution >= 4 is 0 Å². The molecule has 16 heavy (non-hydrogen) atoms. The van der Waals surface area contributed by atoms with E-state index in [1.54, 1.807) is 0 Å². The van der Waals surface area contributed by atoms with E-state index < -0.39 is 0 Å². The van der Waals surface area contributed by atoms with Gasteiger partial charge in [0, 0.05) is 26.2 Å². The van der Waals surface area contributed by atoms with Crippen LogP contribution in [0, 0.1) is 0 Å². The van der Waals surface area contributed by atoms with Crippen LogP contribution in [0.2, 0.25) is 0 Å². The Morgan fingerprint density at radius 3 is 1.31 bits per heavy atom. The number of nitrogens with zero attached hydrogens (tertiary/aromatic N) is 2. The van der Waals surface area contributed by atoms with E-state index in [0.29, 0.717) is 0 Å². The first kappa shape index (κ1) is 11.9. The molecule has 0 saturated carbocycles. The molecule has 0 aromatic rings. The van der Waals surface area contributed by atoms with Crippen LogP contribution in [0.3, 0.4) is 0 Å². The van der Waals surface area contributed by atoms with E-state index in [1.807, 2.05) is 0 Å². The minimum absolute atomic E-state index is 1.18. The number of unbranched alkanes of at least 4 members (excludes halogenated alkanes) is 3. The highest BCUT2D eigenvalue weighted by Crippen LogP contribution is 2.07. The monoisotopic (exact) mass is 220 g/mol. The number of rotatable bonds is 7. The van der Waals surface area contributed by atoms with Gasteiger partial charge in [-0.3, -0.25) is 9.80 Å². The topological polar surface area (TPSA) is 6.48 Å². The summed E-state index contributed by atoms with van der Waals surface area (Å²) in [5, 5.41) is 0. The summed E-state index contributed by atoms with van der Waals surface area (Å²) >= 11 is 0. The molecular formula is C14H24N2. The SMILES string of the molecule is C1=CCN(CCCCCCN2CC=CC2)C1. The Balaban J connectivity index is 1.37. The summed E-state index contributed by atoms with van der Waals surface area (Å²) in [5.41, 5.74) is 0. The zero-order valence-electron chi connectivity index (χ0n) is 10.3. The molecule has 0 aliphatic carbocycles. The number of hydrogen-bond acceptors (Lipinski definition) is 2. The maximum absolute atomic E-state index is 2.52. The maximum Gasteiger partial charge on any atom is 0.0166 e. The molecule has 0 atom stereocenters. The molecule has 0 fully saturated rings.